The zero-order valence-corrected chi connectivity index (χ0v) is 18.8. The Hall–Kier alpha value is -2.31. The number of carbonyl (C=O) groups excluding carboxylic acids is 1. The average molecular weight is 402 g/mol. The van der Waals surface area contributed by atoms with Gasteiger partial charge in [-0.2, -0.15) is 0 Å². The molecule has 0 radical (unpaired) electrons. The van der Waals surface area contributed by atoms with E-state index in [-0.39, 0.29) is 12.1 Å². The summed E-state index contributed by atoms with van der Waals surface area (Å²) in [5.74, 6) is 1.55. The Bertz CT molecular complexity index is 858. The maximum atomic E-state index is 12.3. The molecule has 0 unspecified atom stereocenters. The number of nitrogens with zero attached hydrogens (tertiary/aromatic N) is 4. The normalized spacial score (nSPS) is 16.1. The number of likely N-dealkylation sites (tertiary alicyclic amines) is 1. The Kier molecular flexibility index (Phi) is 6.05. The minimum absolute atomic E-state index is 0.229. The lowest BCUT2D eigenvalue weighted by Crippen LogP contribution is -2.44. The van der Waals surface area contributed by atoms with E-state index >= 15 is 0 Å². The van der Waals surface area contributed by atoms with Crippen molar-refractivity contribution in [2.24, 2.45) is 0 Å². The molecular weight excluding hydrogens is 366 g/mol. The summed E-state index contributed by atoms with van der Waals surface area (Å²) in [5, 5.41) is 3.61. The van der Waals surface area contributed by atoms with Crippen molar-refractivity contribution in [1.29, 1.82) is 0 Å². The number of nitrogens with one attached hydrogen (secondary N) is 1. The van der Waals surface area contributed by atoms with E-state index in [2.05, 4.69) is 48.6 Å². The molecule has 3 rings (SSSR count). The van der Waals surface area contributed by atoms with E-state index in [9.17, 15) is 4.79 Å². The number of hydrogen-bond acceptors (Lipinski definition) is 5. The zero-order valence-electron chi connectivity index (χ0n) is 18.8. The molecule has 0 saturated carbocycles. The van der Waals surface area contributed by atoms with Gasteiger partial charge in [0.15, 0.2) is 11.5 Å². The van der Waals surface area contributed by atoms with Gasteiger partial charge in [0.1, 0.15) is 5.60 Å². The van der Waals surface area contributed by atoms with Crippen LogP contribution in [0.3, 0.4) is 0 Å². The topological polar surface area (TPSA) is 71.8 Å². The van der Waals surface area contributed by atoms with Crippen LogP contribution in [0.1, 0.15) is 84.5 Å². The highest BCUT2D eigenvalue weighted by molar-refractivity contribution is 5.68. The largest absolute Gasteiger partial charge is 0.444 e. The van der Waals surface area contributed by atoms with E-state index in [1.54, 1.807) is 4.90 Å². The summed E-state index contributed by atoms with van der Waals surface area (Å²) < 4.78 is 7.67. The minimum atomic E-state index is -0.464. The molecule has 3 heterocycles. The second-order valence-electron chi connectivity index (χ2n) is 9.59. The van der Waals surface area contributed by atoms with Gasteiger partial charge in [0.05, 0.1) is 5.69 Å². The highest BCUT2D eigenvalue weighted by atomic mass is 16.6. The number of piperidine rings is 1. The molecule has 0 spiro atoms. The Morgan fingerprint density at radius 1 is 1.17 bits per heavy atom. The van der Waals surface area contributed by atoms with Gasteiger partial charge >= 0.3 is 6.09 Å². The van der Waals surface area contributed by atoms with E-state index in [1.165, 1.54) is 5.69 Å². The van der Waals surface area contributed by atoms with Crippen molar-refractivity contribution in [1.82, 2.24) is 19.3 Å². The van der Waals surface area contributed by atoms with E-state index in [0.29, 0.717) is 24.9 Å². The van der Waals surface area contributed by atoms with Crippen molar-refractivity contribution in [3.63, 3.8) is 0 Å². The fourth-order valence-corrected chi connectivity index (χ4v) is 3.55. The molecule has 1 saturated heterocycles. The lowest BCUT2D eigenvalue weighted by Gasteiger charge is -2.34. The van der Waals surface area contributed by atoms with E-state index in [0.717, 1.165) is 30.0 Å². The summed E-state index contributed by atoms with van der Waals surface area (Å²) in [6, 6.07) is 0.256. The summed E-state index contributed by atoms with van der Waals surface area (Å²) in [6.45, 7) is 15.7. The number of rotatable bonds is 4. The highest BCUT2D eigenvalue weighted by Gasteiger charge is 2.27. The van der Waals surface area contributed by atoms with E-state index in [4.69, 9.17) is 9.72 Å². The van der Waals surface area contributed by atoms with Crippen LogP contribution in [0, 0.1) is 0 Å². The molecule has 1 aliphatic heterocycles. The third-order valence-corrected chi connectivity index (χ3v) is 5.21. The lowest BCUT2D eigenvalue weighted by molar-refractivity contribution is 0.0210. The van der Waals surface area contributed by atoms with Crippen LogP contribution in [0.15, 0.2) is 12.4 Å². The fraction of sp³-hybridized carbons (Fsp3) is 0.682. The maximum absolute atomic E-state index is 12.3. The van der Waals surface area contributed by atoms with Gasteiger partial charge < -0.3 is 15.0 Å². The maximum Gasteiger partial charge on any atom is 0.410 e. The highest BCUT2D eigenvalue weighted by Crippen LogP contribution is 2.26. The van der Waals surface area contributed by atoms with Crippen LogP contribution in [0.4, 0.5) is 10.6 Å². The fourth-order valence-electron chi connectivity index (χ4n) is 3.55. The third-order valence-electron chi connectivity index (χ3n) is 5.21. The van der Waals surface area contributed by atoms with Gasteiger partial charge in [0, 0.05) is 37.2 Å². The monoisotopic (exact) mass is 401 g/mol. The second kappa shape index (κ2) is 8.20. The summed E-state index contributed by atoms with van der Waals surface area (Å²) >= 11 is 0. The van der Waals surface area contributed by atoms with Crippen molar-refractivity contribution in [3.05, 3.63) is 23.8 Å². The van der Waals surface area contributed by atoms with Gasteiger partial charge in [-0.3, -0.25) is 4.40 Å². The Morgan fingerprint density at radius 2 is 1.83 bits per heavy atom. The zero-order chi connectivity index (χ0) is 21.3. The molecule has 0 aliphatic carbocycles. The van der Waals surface area contributed by atoms with Gasteiger partial charge in [0.25, 0.3) is 0 Å². The standard InChI is InChI=1S/C22H35N5O2/c1-14(2)17-13-27-18(15(3)4)12-23-20(27)19(25-17)24-16-8-10-26(11-9-16)21(28)29-22(5,6)7/h12-16H,8-11H2,1-7H3,(H,24,25). The van der Waals surface area contributed by atoms with Crippen molar-refractivity contribution in [3.8, 4) is 0 Å². The van der Waals surface area contributed by atoms with Crippen LogP contribution < -0.4 is 5.32 Å². The number of imidazole rings is 1. The number of amides is 1. The lowest BCUT2D eigenvalue weighted by atomic mass is 10.1. The summed E-state index contributed by atoms with van der Waals surface area (Å²) in [4.78, 5) is 23.6. The average Bonchev–Trinajstić information content (AvgIpc) is 3.05. The van der Waals surface area contributed by atoms with Crippen LogP contribution in [0.5, 0.6) is 0 Å². The number of ether oxygens (including phenoxy) is 1. The molecule has 1 aliphatic rings. The predicted molar refractivity (Wildman–Crippen MR) is 116 cm³/mol. The van der Waals surface area contributed by atoms with Crippen LogP contribution in [0.25, 0.3) is 5.65 Å². The summed E-state index contributed by atoms with van der Waals surface area (Å²) in [6.07, 6.45) is 5.54. The predicted octanol–water partition coefficient (Wildman–Crippen LogP) is 4.79. The number of carbonyl (C=O) groups is 1. The van der Waals surface area contributed by atoms with Crippen LogP contribution >= 0.6 is 0 Å². The Balaban J connectivity index is 1.75. The number of hydrogen-bond donors (Lipinski definition) is 1. The summed E-state index contributed by atoms with van der Waals surface area (Å²) in [5.41, 5.74) is 2.64. The van der Waals surface area contributed by atoms with Gasteiger partial charge in [-0.1, -0.05) is 27.7 Å². The first-order valence-corrected chi connectivity index (χ1v) is 10.7. The summed E-state index contributed by atoms with van der Waals surface area (Å²) in [7, 11) is 0. The first kappa shape index (κ1) is 21.4. The third kappa shape index (κ3) is 5.00. The second-order valence-corrected chi connectivity index (χ2v) is 9.59. The van der Waals surface area contributed by atoms with E-state index in [1.807, 2.05) is 27.0 Å². The molecule has 1 fully saturated rings. The first-order valence-electron chi connectivity index (χ1n) is 10.7. The SMILES string of the molecule is CC(C)c1cn2c(C(C)C)cnc2c(NC2CCN(C(=O)OC(C)(C)C)CC2)n1. The molecule has 0 bridgehead atoms. The molecule has 0 atom stereocenters. The van der Waals surface area contributed by atoms with Crippen LogP contribution in [-0.2, 0) is 4.74 Å². The van der Waals surface area contributed by atoms with Crippen molar-refractivity contribution >= 4 is 17.6 Å². The number of anilines is 1. The molecule has 160 valence electrons. The van der Waals surface area contributed by atoms with Crippen molar-refractivity contribution in [2.45, 2.75) is 84.8 Å². The molecule has 1 amide bonds. The molecule has 1 N–H and O–H groups in total. The molecule has 0 aromatic carbocycles. The van der Waals surface area contributed by atoms with Gasteiger partial charge in [-0.25, -0.2) is 14.8 Å². The van der Waals surface area contributed by atoms with Gasteiger partial charge in [-0.05, 0) is 45.4 Å². The molecule has 7 nitrogen and oxygen atoms in total. The molecule has 2 aromatic heterocycles. The van der Waals surface area contributed by atoms with E-state index < -0.39 is 5.60 Å². The molecule has 29 heavy (non-hydrogen) atoms. The number of aromatic nitrogens is 3. The number of fused-ring (bicyclic) bond motifs is 1. The van der Waals surface area contributed by atoms with Crippen molar-refractivity contribution in [2.75, 3.05) is 18.4 Å². The first-order chi connectivity index (χ1) is 13.5. The Morgan fingerprint density at radius 3 is 2.38 bits per heavy atom. The Labute approximate surface area is 173 Å². The smallest absolute Gasteiger partial charge is 0.410 e. The minimum Gasteiger partial charge on any atom is -0.444 e. The quantitative estimate of drug-likeness (QED) is 0.798. The molecule has 2 aromatic rings. The van der Waals surface area contributed by atoms with Crippen LogP contribution in [0.2, 0.25) is 0 Å². The van der Waals surface area contributed by atoms with Crippen molar-refractivity contribution < 1.29 is 9.53 Å². The molecular formula is C22H35N5O2. The van der Waals surface area contributed by atoms with Crippen LogP contribution in [-0.4, -0.2) is 50.1 Å². The molecule has 7 heteroatoms. The van der Waals surface area contributed by atoms with Gasteiger partial charge in [0.2, 0.25) is 0 Å². The van der Waals surface area contributed by atoms with Gasteiger partial charge in [-0.15, -0.1) is 0 Å².